The molecule has 1 amide bonds. The number of amides is 1. The van der Waals surface area contributed by atoms with Gasteiger partial charge >= 0.3 is 0 Å². The van der Waals surface area contributed by atoms with E-state index in [-0.39, 0.29) is 11.2 Å². The molecule has 1 aromatic carbocycles. The number of carbonyl (C=O) groups excluding carboxylic acids is 1. The van der Waals surface area contributed by atoms with Crippen molar-refractivity contribution < 1.29 is 9.21 Å². The van der Waals surface area contributed by atoms with E-state index in [1.807, 2.05) is 37.3 Å². The zero-order valence-electron chi connectivity index (χ0n) is 13.3. The number of anilines is 1. The van der Waals surface area contributed by atoms with E-state index in [1.165, 1.54) is 11.8 Å². The number of benzene rings is 1. The van der Waals surface area contributed by atoms with Gasteiger partial charge in [0.1, 0.15) is 0 Å². The van der Waals surface area contributed by atoms with Crippen molar-refractivity contribution in [1.29, 1.82) is 0 Å². The monoisotopic (exact) mass is 340 g/mol. The summed E-state index contributed by atoms with van der Waals surface area (Å²) in [6, 6.07) is 13.1. The molecule has 0 saturated carbocycles. The van der Waals surface area contributed by atoms with Gasteiger partial charge in [0.15, 0.2) is 0 Å². The van der Waals surface area contributed by atoms with Gasteiger partial charge in [-0.25, -0.2) is 0 Å². The van der Waals surface area contributed by atoms with Crippen LogP contribution in [-0.2, 0) is 4.79 Å². The van der Waals surface area contributed by atoms with Crippen molar-refractivity contribution in [2.75, 3.05) is 11.9 Å². The fourth-order valence-corrected chi connectivity index (χ4v) is 2.90. The predicted octanol–water partition coefficient (Wildman–Crippen LogP) is 3.28. The third-order valence-corrected chi connectivity index (χ3v) is 4.35. The van der Waals surface area contributed by atoms with Crippen LogP contribution >= 0.6 is 11.8 Å². The fourth-order valence-electron chi connectivity index (χ4n) is 2.12. The summed E-state index contributed by atoms with van der Waals surface area (Å²) < 4.78 is 5.62. The van der Waals surface area contributed by atoms with Gasteiger partial charge in [-0.1, -0.05) is 30.0 Å². The lowest BCUT2D eigenvalue weighted by Gasteiger charge is -2.20. The molecule has 0 aliphatic carbocycles. The molecule has 0 aliphatic heterocycles. The lowest BCUT2D eigenvalue weighted by molar-refractivity contribution is -0.117. The number of thioether (sulfide) groups is 1. The van der Waals surface area contributed by atoms with Crippen LogP contribution in [0.15, 0.2) is 64.5 Å². The highest BCUT2D eigenvalue weighted by Gasteiger charge is 2.22. The number of hydrogen-bond donors (Lipinski definition) is 0. The quantitative estimate of drug-likeness (QED) is 0.664. The molecule has 1 unspecified atom stereocenters. The van der Waals surface area contributed by atoms with Gasteiger partial charge in [0.25, 0.3) is 5.22 Å². The molecule has 2 heterocycles. The summed E-state index contributed by atoms with van der Waals surface area (Å²) in [5, 5.41) is 8.03. The SMILES string of the molecule is CC(Sc1nnc(-c2ccncc2)o1)C(=O)N(C)c1ccccc1. The molecule has 0 N–H and O–H groups in total. The Hall–Kier alpha value is -2.67. The third kappa shape index (κ3) is 3.62. The smallest absolute Gasteiger partial charge is 0.277 e. The zero-order valence-corrected chi connectivity index (χ0v) is 14.1. The first-order valence-electron chi connectivity index (χ1n) is 7.38. The average molecular weight is 340 g/mol. The van der Waals surface area contributed by atoms with Crippen LogP contribution in [0.5, 0.6) is 0 Å². The van der Waals surface area contributed by atoms with Gasteiger partial charge in [-0.05, 0) is 31.2 Å². The van der Waals surface area contributed by atoms with Crippen molar-refractivity contribution in [3.8, 4) is 11.5 Å². The highest BCUT2D eigenvalue weighted by molar-refractivity contribution is 8.00. The lowest BCUT2D eigenvalue weighted by atomic mass is 10.3. The molecule has 0 saturated heterocycles. The average Bonchev–Trinajstić information content (AvgIpc) is 3.10. The minimum Gasteiger partial charge on any atom is -0.411 e. The van der Waals surface area contributed by atoms with E-state index in [9.17, 15) is 4.79 Å². The van der Waals surface area contributed by atoms with Gasteiger partial charge in [-0.2, -0.15) is 0 Å². The second-order valence-electron chi connectivity index (χ2n) is 5.10. The molecule has 2 aromatic heterocycles. The Labute approximate surface area is 143 Å². The van der Waals surface area contributed by atoms with Crippen LogP contribution in [0, 0.1) is 0 Å². The molecule has 122 valence electrons. The van der Waals surface area contributed by atoms with Crippen molar-refractivity contribution in [3.63, 3.8) is 0 Å². The second-order valence-corrected chi connectivity index (χ2v) is 6.39. The molecule has 7 heteroatoms. The van der Waals surface area contributed by atoms with Gasteiger partial charge in [0.05, 0.1) is 5.25 Å². The summed E-state index contributed by atoms with van der Waals surface area (Å²) in [7, 11) is 1.75. The molecule has 0 fully saturated rings. The Morgan fingerprint density at radius 3 is 2.54 bits per heavy atom. The molecular weight excluding hydrogens is 324 g/mol. The van der Waals surface area contributed by atoms with E-state index in [0.717, 1.165) is 11.3 Å². The van der Waals surface area contributed by atoms with E-state index in [4.69, 9.17) is 4.42 Å². The van der Waals surface area contributed by atoms with Crippen molar-refractivity contribution in [3.05, 3.63) is 54.9 Å². The van der Waals surface area contributed by atoms with E-state index in [0.29, 0.717) is 11.1 Å². The Morgan fingerprint density at radius 2 is 1.83 bits per heavy atom. The van der Waals surface area contributed by atoms with Crippen molar-refractivity contribution in [2.45, 2.75) is 17.4 Å². The van der Waals surface area contributed by atoms with Gasteiger partial charge in [0.2, 0.25) is 11.8 Å². The molecular formula is C17H16N4O2S. The first-order valence-corrected chi connectivity index (χ1v) is 8.26. The highest BCUT2D eigenvalue weighted by atomic mass is 32.2. The van der Waals surface area contributed by atoms with Crippen LogP contribution in [0.25, 0.3) is 11.5 Å². The van der Waals surface area contributed by atoms with Crippen LogP contribution in [0.3, 0.4) is 0 Å². The summed E-state index contributed by atoms with van der Waals surface area (Å²) in [6.07, 6.45) is 3.32. The van der Waals surface area contributed by atoms with Crippen LogP contribution in [0.4, 0.5) is 5.69 Å². The second kappa shape index (κ2) is 7.27. The van der Waals surface area contributed by atoms with E-state index >= 15 is 0 Å². The van der Waals surface area contributed by atoms with Crippen molar-refractivity contribution >= 4 is 23.4 Å². The predicted molar refractivity (Wildman–Crippen MR) is 92.7 cm³/mol. The number of nitrogens with zero attached hydrogens (tertiary/aromatic N) is 4. The molecule has 0 bridgehead atoms. The number of para-hydroxylation sites is 1. The molecule has 0 spiro atoms. The minimum absolute atomic E-state index is 0.0325. The normalized spacial score (nSPS) is 11.9. The summed E-state index contributed by atoms with van der Waals surface area (Å²) >= 11 is 1.24. The van der Waals surface area contributed by atoms with Gasteiger partial charge in [-0.15, -0.1) is 10.2 Å². The Bertz CT molecular complexity index is 808. The number of aromatic nitrogens is 3. The van der Waals surface area contributed by atoms with Crippen molar-refractivity contribution in [2.24, 2.45) is 0 Å². The molecule has 0 aliphatic rings. The zero-order chi connectivity index (χ0) is 16.9. The molecule has 0 radical (unpaired) electrons. The number of carbonyl (C=O) groups is 1. The first-order chi connectivity index (χ1) is 11.6. The van der Waals surface area contributed by atoms with E-state index < -0.39 is 0 Å². The van der Waals surface area contributed by atoms with E-state index in [1.54, 1.807) is 36.5 Å². The number of hydrogen-bond acceptors (Lipinski definition) is 6. The number of rotatable bonds is 5. The Kier molecular flexibility index (Phi) is 4.90. The molecule has 1 atom stereocenters. The van der Waals surface area contributed by atoms with Crippen LogP contribution in [0.1, 0.15) is 6.92 Å². The maximum Gasteiger partial charge on any atom is 0.277 e. The number of pyridine rings is 1. The lowest BCUT2D eigenvalue weighted by Crippen LogP contribution is -2.33. The van der Waals surface area contributed by atoms with Crippen molar-refractivity contribution in [1.82, 2.24) is 15.2 Å². The minimum atomic E-state index is -0.346. The third-order valence-electron chi connectivity index (χ3n) is 3.43. The standard InChI is InChI=1S/C17H16N4O2S/c1-12(16(22)21(2)14-6-4-3-5-7-14)24-17-20-19-15(23-17)13-8-10-18-11-9-13/h3-12H,1-2H3. The first kappa shape index (κ1) is 16.2. The highest BCUT2D eigenvalue weighted by Crippen LogP contribution is 2.27. The molecule has 3 rings (SSSR count). The van der Waals surface area contributed by atoms with Gasteiger partial charge < -0.3 is 9.32 Å². The Morgan fingerprint density at radius 1 is 1.12 bits per heavy atom. The summed E-state index contributed by atoms with van der Waals surface area (Å²) in [5.74, 6) is 0.380. The molecule has 6 nitrogen and oxygen atoms in total. The maximum atomic E-state index is 12.5. The van der Waals surface area contributed by atoms with Crippen LogP contribution in [-0.4, -0.2) is 33.4 Å². The van der Waals surface area contributed by atoms with Gasteiger partial charge in [-0.3, -0.25) is 9.78 Å². The summed E-state index contributed by atoms with van der Waals surface area (Å²) in [6.45, 7) is 1.82. The summed E-state index contributed by atoms with van der Waals surface area (Å²) in [4.78, 5) is 18.1. The van der Waals surface area contributed by atoms with Crippen LogP contribution < -0.4 is 4.90 Å². The fraction of sp³-hybridized carbons (Fsp3) is 0.176. The largest absolute Gasteiger partial charge is 0.411 e. The Balaban J connectivity index is 1.68. The summed E-state index contributed by atoms with van der Waals surface area (Å²) in [5.41, 5.74) is 1.64. The van der Waals surface area contributed by atoms with Gasteiger partial charge in [0, 0.05) is 30.7 Å². The molecule has 3 aromatic rings. The molecule has 24 heavy (non-hydrogen) atoms. The van der Waals surface area contributed by atoms with Crippen LogP contribution in [0.2, 0.25) is 0 Å². The maximum absolute atomic E-state index is 12.5. The topological polar surface area (TPSA) is 72.1 Å². The van der Waals surface area contributed by atoms with E-state index in [2.05, 4.69) is 15.2 Å².